The Labute approximate surface area is 143 Å². The lowest BCUT2D eigenvalue weighted by atomic mass is 10.1. The van der Waals surface area contributed by atoms with Crippen LogP contribution in [0.4, 0.5) is 0 Å². The summed E-state index contributed by atoms with van der Waals surface area (Å²) in [6, 6.07) is 0. The predicted octanol–water partition coefficient (Wildman–Crippen LogP) is -0.166. The highest BCUT2D eigenvalue weighted by molar-refractivity contribution is 7.89. The van der Waals surface area contributed by atoms with Crippen LogP contribution in [-0.4, -0.2) is 65.2 Å². The summed E-state index contributed by atoms with van der Waals surface area (Å²) in [5.74, 6) is -0.424. The van der Waals surface area contributed by atoms with Crippen LogP contribution in [-0.2, 0) is 22.9 Å². The lowest BCUT2D eigenvalue weighted by molar-refractivity contribution is 0.0955. The van der Waals surface area contributed by atoms with Crippen molar-refractivity contribution >= 4 is 27.3 Å². The van der Waals surface area contributed by atoms with Gasteiger partial charge >= 0.3 is 0 Å². The van der Waals surface area contributed by atoms with Gasteiger partial charge in [-0.25, -0.2) is 12.7 Å². The fraction of sp³-hybridized carbons (Fsp3) is 0.538. The number of hydrogen-bond donors (Lipinski definition) is 1. The number of fused-ring (bicyclic) bond motifs is 1. The maximum Gasteiger partial charge on any atom is 0.254 e. The van der Waals surface area contributed by atoms with E-state index in [0.29, 0.717) is 10.6 Å². The van der Waals surface area contributed by atoms with Gasteiger partial charge in [0.05, 0.1) is 11.3 Å². The fourth-order valence-corrected chi connectivity index (χ4v) is 4.63. The molecule has 1 aliphatic rings. The van der Waals surface area contributed by atoms with Crippen molar-refractivity contribution in [3.05, 3.63) is 22.3 Å². The minimum Gasteiger partial charge on any atom is -0.351 e. The van der Waals surface area contributed by atoms with Crippen LogP contribution >= 0.6 is 11.3 Å². The van der Waals surface area contributed by atoms with E-state index in [2.05, 4.69) is 20.8 Å². The molecule has 1 N–H and O–H groups in total. The quantitative estimate of drug-likeness (QED) is 0.756. The van der Waals surface area contributed by atoms with Crippen LogP contribution in [0.15, 0.2) is 6.33 Å². The van der Waals surface area contributed by atoms with Crippen molar-refractivity contribution < 1.29 is 13.2 Å². The van der Waals surface area contributed by atoms with Crippen molar-refractivity contribution in [2.24, 2.45) is 0 Å². The lowest BCUT2D eigenvalue weighted by Crippen LogP contribution is -2.34. The Balaban J connectivity index is 1.80. The SMILES string of the molecule is CN(C)S(=O)(=O)CCNC(=O)c1c(-n2cnnn2)sc2c1CCC2. The standard InChI is InChI=1S/C13H18N6O3S2/c1-18(2)24(21,22)7-6-14-12(20)11-9-4-3-5-10(9)23-13(11)19-8-15-16-17-19/h8H,3-7H2,1-2H3,(H,14,20). The average molecular weight is 370 g/mol. The molecule has 11 heteroatoms. The molecule has 0 saturated heterocycles. The van der Waals surface area contributed by atoms with E-state index in [9.17, 15) is 13.2 Å². The Morgan fingerprint density at radius 1 is 1.42 bits per heavy atom. The Kier molecular flexibility index (Phi) is 4.65. The van der Waals surface area contributed by atoms with Crippen LogP contribution in [0.3, 0.4) is 0 Å². The summed E-state index contributed by atoms with van der Waals surface area (Å²) in [6.07, 6.45) is 4.25. The molecular formula is C13H18N6O3S2. The van der Waals surface area contributed by atoms with Gasteiger partial charge in [-0.05, 0) is 35.3 Å². The zero-order chi connectivity index (χ0) is 17.3. The molecule has 0 saturated carbocycles. The molecule has 0 unspecified atom stereocenters. The number of amides is 1. The number of nitrogens with one attached hydrogen (secondary N) is 1. The van der Waals surface area contributed by atoms with E-state index in [1.165, 1.54) is 41.3 Å². The van der Waals surface area contributed by atoms with Crippen molar-refractivity contribution in [2.45, 2.75) is 19.3 Å². The molecule has 0 fully saturated rings. The first kappa shape index (κ1) is 17.0. The first-order chi connectivity index (χ1) is 11.4. The third kappa shape index (κ3) is 3.19. The molecule has 2 aromatic rings. The molecule has 9 nitrogen and oxygen atoms in total. The van der Waals surface area contributed by atoms with Gasteiger partial charge in [-0.15, -0.1) is 16.4 Å². The molecule has 0 radical (unpaired) electrons. The summed E-state index contributed by atoms with van der Waals surface area (Å²) in [6.45, 7) is 0.0546. The first-order valence-corrected chi connectivity index (χ1v) is 9.89. The topological polar surface area (TPSA) is 110 Å². The molecule has 0 atom stereocenters. The number of sulfonamides is 1. The monoisotopic (exact) mass is 370 g/mol. The van der Waals surface area contributed by atoms with Gasteiger partial charge in [0.15, 0.2) is 0 Å². The Hall–Kier alpha value is -1.85. The summed E-state index contributed by atoms with van der Waals surface area (Å²) in [5, 5.41) is 14.5. The number of nitrogens with zero attached hydrogens (tertiary/aromatic N) is 5. The Morgan fingerprint density at radius 2 is 2.21 bits per heavy atom. The molecule has 2 aromatic heterocycles. The van der Waals surface area contributed by atoms with Crippen LogP contribution in [0.5, 0.6) is 0 Å². The van der Waals surface area contributed by atoms with Gasteiger partial charge in [0.1, 0.15) is 11.3 Å². The number of hydrogen-bond acceptors (Lipinski definition) is 7. The van der Waals surface area contributed by atoms with E-state index in [0.717, 1.165) is 29.1 Å². The molecule has 0 aliphatic heterocycles. The summed E-state index contributed by atoms with van der Waals surface area (Å²) in [7, 11) is -0.402. The summed E-state index contributed by atoms with van der Waals surface area (Å²) in [4.78, 5) is 13.8. The Bertz CT molecular complexity index is 841. The third-order valence-electron chi connectivity index (χ3n) is 3.89. The van der Waals surface area contributed by atoms with Crippen LogP contribution in [0.1, 0.15) is 27.2 Å². The summed E-state index contributed by atoms with van der Waals surface area (Å²) >= 11 is 1.51. The average Bonchev–Trinajstić information content (AvgIpc) is 3.22. The van der Waals surface area contributed by atoms with Gasteiger partial charge in [-0.3, -0.25) is 4.79 Å². The van der Waals surface area contributed by atoms with E-state index < -0.39 is 10.0 Å². The minimum absolute atomic E-state index is 0.0546. The van der Waals surface area contributed by atoms with Gasteiger partial charge < -0.3 is 5.32 Å². The van der Waals surface area contributed by atoms with Gasteiger partial charge in [0, 0.05) is 25.5 Å². The fourth-order valence-electron chi connectivity index (χ4n) is 2.60. The summed E-state index contributed by atoms with van der Waals surface area (Å²) in [5.41, 5.74) is 1.58. The number of aryl methyl sites for hydroxylation is 1. The molecule has 2 heterocycles. The number of carbonyl (C=O) groups is 1. The van der Waals surface area contributed by atoms with E-state index in [1.807, 2.05) is 0 Å². The number of aromatic nitrogens is 4. The van der Waals surface area contributed by atoms with Crippen molar-refractivity contribution in [3.8, 4) is 5.00 Å². The van der Waals surface area contributed by atoms with Crippen molar-refractivity contribution in [1.29, 1.82) is 0 Å². The smallest absolute Gasteiger partial charge is 0.254 e. The second kappa shape index (κ2) is 6.57. The molecular weight excluding hydrogens is 352 g/mol. The highest BCUT2D eigenvalue weighted by Gasteiger charge is 2.28. The van der Waals surface area contributed by atoms with E-state index >= 15 is 0 Å². The summed E-state index contributed by atoms with van der Waals surface area (Å²) < 4.78 is 26.2. The maximum absolute atomic E-state index is 12.6. The number of rotatable bonds is 6. The highest BCUT2D eigenvalue weighted by Crippen LogP contribution is 2.37. The molecule has 1 aliphatic carbocycles. The van der Waals surface area contributed by atoms with Crippen molar-refractivity contribution in [2.75, 3.05) is 26.4 Å². The van der Waals surface area contributed by atoms with Gasteiger partial charge in [-0.2, -0.15) is 4.68 Å². The molecule has 24 heavy (non-hydrogen) atoms. The zero-order valence-electron chi connectivity index (χ0n) is 13.4. The molecule has 0 bridgehead atoms. The molecule has 3 rings (SSSR count). The van der Waals surface area contributed by atoms with E-state index in [-0.39, 0.29) is 18.2 Å². The first-order valence-electron chi connectivity index (χ1n) is 7.46. The van der Waals surface area contributed by atoms with Crippen LogP contribution in [0.2, 0.25) is 0 Å². The van der Waals surface area contributed by atoms with Gasteiger partial charge in [0.2, 0.25) is 10.0 Å². The number of carbonyl (C=O) groups excluding carboxylic acids is 1. The number of tetrazole rings is 1. The van der Waals surface area contributed by atoms with Crippen LogP contribution < -0.4 is 5.32 Å². The minimum atomic E-state index is -3.34. The second-order valence-corrected chi connectivity index (χ2v) is 9.03. The van der Waals surface area contributed by atoms with Crippen molar-refractivity contribution in [1.82, 2.24) is 29.8 Å². The highest BCUT2D eigenvalue weighted by atomic mass is 32.2. The van der Waals surface area contributed by atoms with Gasteiger partial charge in [0.25, 0.3) is 5.91 Å². The normalized spacial score (nSPS) is 14.1. The molecule has 0 spiro atoms. The molecule has 1 amide bonds. The number of thiophene rings is 1. The second-order valence-electron chi connectivity index (χ2n) is 5.65. The zero-order valence-corrected chi connectivity index (χ0v) is 15.0. The molecule has 130 valence electrons. The van der Waals surface area contributed by atoms with Crippen LogP contribution in [0, 0.1) is 0 Å². The van der Waals surface area contributed by atoms with E-state index in [1.54, 1.807) is 0 Å². The van der Waals surface area contributed by atoms with Crippen molar-refractivity contribution in [3.63, 3.8) is 0 Å². The van der Waals surface area contributed by atoms with E-state index in [4.69, 9.17) is 0 Å². The maximum atomic E-state index is 12.6. The van der Waals surface area contributed by atoms with Crippen LogP contribution in [0.25, 0.3) is 5.00 Å². The lowest BCUT2D eigenvalue weighted by Gasteiger charge is -2.12. The Morgan fingerprint density at radius 3 is 2.88 bits per heavy atom. The molecule has 0 aromatic carbocycles. The largest absolute Gasteiger partial charge is 0.351 e. The van der Waals surface area contributed by atoms with Gasteiger partial charge in [-0.1, -0.05) is 0 Å². The third-order valence-corrected chi connectivity index (χ3v) is 7.00. The predicted molar refractivity (Wildman–Crippen MR) is 88.9 cm³/mol.